The zero-order chi connectivity index (χ0) is 25.8. The standard InChI is InChI=1S/C22H32N4O8/c1-3-12(2)19(22(33)34)26-21(32)16(8-9-18(29)30)25-17(28)11-24-20(31)15(23)10-13-4-6-14(27)7-5-13/h4-7,12,15-16,19,27H,3,8-11,23H2,1-2H3,(H,24,31)(H,25,28)(H,26,32)(H,29,30)(H,33,34)/t12-,15-,16-,19-/m0/s1. The normalized spacial score (nSPS) is 14.2. The predicted octanol–water partition coefficient (Wildman–Crippen LogP) is -0.657. The van der Waals surface area contributed by atoms with Crippen molar-refractivity contribution >= 4 is 29.7 Å². The van der Waals surface area contributed by atoms with E-state index in [4.69, 9.17) is 10.8 Å². The molecule has 0 spiro atoms. The van der Waals surface area contributed by atoms with Crippen molar-refractivity contribution < 1.29 is 39.3 Å². The lowest BCUT2D eigenvalue weighted by Gasteiger charge is -2.24. The number of carbonyl (C=O) groups is 5. The molecule has 3 amide bonds. The number of amides is 3. The summed E-state index contributed by atoms with van der Waals surface area (Å²) < 4.78 is 0. The molecule has 188 valence electrons. The summed E-state index contributed by atoms with van der Waals surface area (Å²) in [6.07, 6.45) is -0.0826. The maximum absolute atomic E-state index is 12.6. The van der Waals surface area contributed by atoms with Gasteiger partial charge in [-0.05, 0) is 36.5 Å². The van der Waals surface area contributed by atoms with E-state index in [1.54, 1.807) is 26.0 Å². The summed E-state index contributed by atoms with van der Waals surface area (Å²) in [5.74, 6) is -5.01. The molecule has 0 heterocycles. The molecule has 34 heavy (non-hydrogen) atoms. The number of carboxylic acids is 2. The minimum absolute atomic E-state index is 0.0683. The number of phenolic OH excluding ortho intramolecular Hbond substituents is 1. The summed E-state index contributed by atoms with van der Waals surface area (Å²) in [4.78, 5) is 59.5. The number of hydrogen-bond acceptors (Lipinski definition) is 7. The van der Waals surface area contributed by atoms with E-state index in [2.05, 4.69) is 16.0 Å². The molecule has 0 radical (unpaired) electrons. The Morgan fingerprint density at radius 1 is 1.00 bits per heavy atom. The molecule has 4 atom stereocenters. The Morgan fingerprint density at radius 2 is 1.62 bits per heavy atom. The van der Waals surface area contributed by atoms with Crippen LogP contribution in [-0.4, -0.2) is 69.7 Å². The molecule has 8 N–H and O–H groups in total. The lowest BCUT2D eigenvalue weighted by atomic mass is 9.98. The fourth-order valence-corrected chi connectivity index (χ4v) is 3.00. The maximum atomic E-state index is 12.6. The molecule has 1 aromatic carbocycles. The Hall–Kier alpha value is -3.67. The third-order valence-corrected chi connectivity index (χ3v) is 5.23. The van der Waals surface area contributed by atoms with Crippen LogP contribution in [0.1, 0.15) is 38.7 Å². The van der Waals surface area contributed by atoms with Gasteiger partial charge >= 0.3 is 11.9 Å². The molecule has 1 rings (SSSR count). The van der Waals surface area contributed by atoms with E-state index in [9.17, 15) is 34.2 Å². The zero-order valence-electron chi connectivity index (χ0n) is 19.1. The molecule has 0 bridgehead atoms. The lowest BCUT2D eigenvalue weighted by molar-refractivity contribution is -0.144. The van der Waals surface area contributed by atoms with Gasteiger partial charge in [-0.2, -0.15) is 0 Å². The van der Waals surface area contributed by atoms with Gasteiger partial charge in [0.25, 0.3) is 0 Å². The van der Waals surface area contributed by atoms with Gasteiger partial charge in [0, 0.05) is 6.42 Å². The van der Waals surface area contributed by atoms with Crippen LogP contribution in [0.15, 0.2) is 24.3 Å². The Kier molecular flexibility index (Phi) is 11.5. The van der Waals surface area contributed by atoms with E-state index in [-0.39, 0.29) is 18.6 Å². The van der Waals surface area contributed by atoms with E-state index < -0.39 is 66.7 Å². The number of hydrogen-bond donors (Lipinski definition) is 7. The summed E-state index contributed by atoms with van der Waals surface area (Å²) in [6, 6.07) is 2.61. The van der Waals surface area contributed by atoms with Crippen molar-refractivity contribution in [3.05, 3.63) is 29.8 Å². The lowest BCUT2D eigenvalue weighted by Crippen LogP contribution is -2.55. The summed E-state index contributed by atoms with van der Waals surface area (Å²) in [7, 11) is 0. The van der Waals surface area contributed by atoms with Gasteiger partial charge < -0.3 is 37.0 Å². The molecule has 0 aliphatic heterocycles. The van der Waals surface area contributed by atoms with Gasteiger partial charge in [-0.3, -0.25) is 19.2 Å². The van der Waals surface area contributed by atoms with Gasteiger partial charge in [0.1, 0.15) is 17.8 Å². The van der Waals surface area contributed by atoms with E-state index >= 15 is 0 Å². The van der Waals surface area contributed by atoms with Crippen LogP contribution in [0.3, 0.4) is 0 Å². The van der Waals surface area contributed by atoms with Gasteiger partial charge in [-0.1, -0.05) is 32.4 Å². The molecule has 0 aliphatic rings. The average molecular weight is 481 g/mol. The monoisotopic (exact) mass is 480 g/mol. The van der Waals surface area contributed by atoms with Crippen molar-refractivity contribution in [3.8, 4) is 5.75 Å². The molecule has 12 nitrogen and oxygen atoms in total. The number of carboxylic acid groups (broad SMARTS) is 2. The third-order valence-electron chi connectivity index (χ3n) is 5.23. The first-order valence-corrected chi connectivity index (χ1v) is 10.8. The molecule has 0 fully saturated rings. The second-order valence-corrected chi connectivity index (χ2v) is 7.96. The summed E-state index contributed by atoms with van der Waals surface area (Å²) >= 11 is 0. The maximum Gasteiger partial charge on any atom is 0.326 e. The molecule has 0 saturated carbocycles. The van der Waals surface area contributed by atoms with Crippen LogP contribution in [0.25, 0.3) is 0 Å². The molecule has 0 unspecified atom stereocenters. The number of benzene rings is 1. The average Bonchev–Trinajstić information content (AvgIpc) is 2.78. The Labute approximate surface area is 196 Å². The van der Waals surface area contributed by atoms with Gasteiger partial charge in [-0.15, -0.1) is 0 Å². The fourth-order valence-electron chi connectivity index (χ4n) is 3.00. The highest BCUT2D eigenvalue weighted by Crippen LogP contribution is 2.11. The van der Waals surface area contributed by atoms with Crippen LogP contribution in [0.5, 0.6) is 5.75 Å². The quantitative estimate of drug-likeness (QED) is 0.180. The fraction of sp³-hybridized carbons (Fsp3) is 0.500. The summed E-state index contributed by atoms with van der Waals surface area (Å²) in [5, 5.41) is 34.6. The Balaban J connectivity index is 2.70. The molecule has 12 heteroatoms. The van der Waals surface area contributed by atoms with E-state index in [0.717, 1.165) is 0 Å². The first kappa shape index (κ1) is 28.4. The van der Waals surface area contributed by atoms with Gasteiger partial charge in [-0.25, -0.2) is 4.79 Å². The smallest absolute Gasteiger partial charge is 0.326 e. The van der Waals surface area contributed by atoms with Crippen LogP contribution in [0, 0.1) is 5.92 Å². The summed E-state index contributed by atoms with van der Waals surface area (Å²) in [5.41, 5.74) is 6.54. The minimum atomic E-state index is -1.31. The highest BCUT2D eigenvalue weighted by Gasteiger charge is 2.30. The van der Waals surface area contributed by atoms with Crippen molar-refractivity contribution in [1.29, 1.82) is 0 Å². The molecular weight excluding hydrogens is 448 g/mol. The van der Waals surface area contributed by atoms with Crippen molar-refractivity contribution in [3.63, 3.8) is 0 Å². The zero-order valence-corrected chi connectivity index (χ0v) is 19.1. The molecule has 0 aliphatic carbocycles. The van der Waals surface area contributed by atoms with E-state index in [1.165, 1.54) is 12.1 Å². The SMILES string of the molecule is CC[C@H](C)[C@H](NC(=O)[C@H](CCC(=O)O)NC(=O)CNC(=O)[C@@H](N)Cc1ccc(O)cc1)C(=O)O. The molecule has 1 aromatic rings. The Morgan fingerprint density at radius 3 is 2.15 bits per heavy atom. The highest BCUT2D eigenvalue weighted by molar-refractivity contribution is 5.92. The van der Waals surface area contributed by atoms with Crippen LogP contribution in [-0.2, 0) is 30.4 Å². The number of nitrogens with two attached hydrogens (primary N) is 1. The van der Waals surface area contributed by atoms with Crippen molar-refractivity contribution in [1.82, 2.24) is 16.0 Å². The second kappa shape index (κ2) is 13.8. The molecule has 0 aromatic heterocycles. The number of nitrogens with one attached hydrogen (secondary N) is 3. The van der Waals surface area contributed by atoms with Crippen molar-refractivity contribution in [2.24, 2.45) is 11.7 Å². The highest BCUT2D eigenvalue weighted by atomic mass is 16.4. The van der Waals surface area contributed by atoms with E-state index in [1.807, 2.05) is 0 Å². The number of carbonyl (C=O) groups excluding carboxylic acids is 3. The number of aromatic hydroxyl groups is 1. The van der Waals surface area contributed by atoms with E-state index in [0.29, 0.717) is 12.0 Å². The number of aliphatic carboxylic acids is 2. The van der Waals surface area contributed by atoms with Crippen molar-refractivity contribution in [2.45, 2.75) is 57.7 Å². The van der Waals surface area contributed by atoms with Gasteiger partial charge in [0.2, 0.25) is 17.7 Å². The van der Waals surface area contributed by atoms with Crippen LogP contribution in [0.2, 0.25) is 0 Å². The van der Waals surface area contributed by atoms with Crippen molar-refractivity contribution in [2.75, 3.05) is 6.54 Å². The van der Waals surface area contributed by atoms with Crippen LogP contribution in [0.4, 0.5) is 0 Å². The van der Waals surface area contributed by atoms with Crippen LogP contribution >= 0.6 is 0 Å². The second-order valence-electron chi connectivity index (χ2n) is 7.96. The van der Waals surface area contributed by atoms with Gasteiger partial charge in [0.05, 0.1) is 12.6 Å². The number of rotatable bonds is 14. The first-order chi connectivity index (χ1) is 15.9. The van der Waals surface area contributed by atoms with Crippen LogP contribution < -0.4 is 21.7 Å². The summed E-state index contributed by atoms with van der Waals surface area (Å²) in [6.45, 7) is 2.87. The van der Waals surface area contributed by atoms with Gasteiger partial charge in [0.15, 0.2) is 0 Å². The molecular formula is C22H32N4O8. The minimum Gasteiger partial charge on any atom is -0.508 e. The molecule has 0 saturated heterocycles. The topological polar surface area (TPSA) is 208 Å². The predicted molar refractivity (Wildman–Crippen MR) is 121 cm³/mol. The number of phenols is 1. The first-order valence-electron chi connectivity index (χ1n) is 10.8. The third kappa shape index (κ3) is 9.86. The Bertz CT molecular complexity index is 874. The largest absolute Gasteiger partial charge is 0.508 e.